The third kappa shape index (κ3) is 5.95. The Kier molecular flexibility index (Phi) is 10.9. The van der Waals surface area contributed by atoms with Gasteiger partial charge in [-0.15, -0.1) is 0 Å². The van der Waals surface area contributed by atoms with Crippen LogP contribution in [0.5, 0.6) is 0 Å². The van der Waals surface area contributed by atoms with E-state index in [-0.39, 0.29) is 0 Å². The molecule has 0 aromatic heterocycles. The molecule has 2 N–H and O–H groups in total. The quantitative estimate of drug-likeness (QED) is 0.202. The first kappa shape index (κ1) is 21.9. The molecule has 3 nitrogen and oxygen atoms in total. The monoisotopic (exact) mass is 655 g/mol. The molecule has 0 atom stereocenters. The molecule has 23 heavy (non-hydrogen) atoms. The first-order valence-corrected chi connectivity index (χ1v) is 11.3. The highest BCUT2D eigenvalue weighted by Gasteiger charge is 2.24. The number of unbranched alkanes of at least 4 members (excludes halogenated alkanes) is 4. The highest BCUT2D eigenvalue weighted by Crippen LogP contribution is 2.34. The molecule has 0 amide bonds. The van der Waals surface area contributed by atoms with Crippen molar-refractivity contribution in [1.82, 2.24) is 0 Å². The van der Waals surface area contributed by atoms with Gasteiger partial charge in [0.05, 0.1) is 5.56 Å². The maximum Gasteiger partial charge on any atom is 0.358 e. The van der Waals surface area contributed by atoms with Crippen molar-refractivity contribution >= 4 is 73.7 Å². The highest BCUT2D eigenvalue weighted by molar-refractivity contribution is 14.1. The number of halogens is 3. The largest absolute Gasteiger partial charge is 0.370 e. The van der Waals surface area contributed by atoms with Crippen molar-refractivity contribution in [3.63, 3.8) is 0 Å². The van der Waals surface area contributed by atoms with E-state index < -0.39 is 5.97 Å². The van der Waals surface area contributed by atoms with E-state index in [1.165, 1.54) is 40.4 Å². The first-order chi connectivity index (χ1) is 11.0. The fourth-order valence-electron chi connectivity index (χ4n) is 2.55. The van der Waals surface area contributed by atoms with Crippen LogP contribution in [0.25, 0.3) is 0 Å². The molecule has 0 aliphatic carbocycles. The van der Waals surface area contributed by atoms with Crippen LogP contribution in [0.3, 0.4) is 0 Å². The molecular formula is C17H24I3NO2. The van der Waals surface area contributed by atoms with Gasteiger partial charge in [0.15, 0.2) is 0 Å². The summed E-state index contributed by atoms with van der Waals surface area (Å²) in [4.78, 5) is 16.7. The van der Waals surface area contributed by atoms with Crippen LogP contribution in [0.2, 0.25) is 0 Å². The molecule has 0 bridgehead atoms. The summed E-state index contributed by atoms with van der Waals surface area (Å²) in [5, 5.41) is 0. The summed E-state index contributed by atoms with van der Waals surface area (Å²) in [6, 6.07) is 0. The molecule has 0 aliphatic rings. The van der Waals surface area contributed by atoms with Crippen molar-refractivity contribution in [3.05, 3.63) is 27.4 Å². The third-order valence-electron chi connectivity index (χ3n) is 3.87. The second-order valence-corrected chi connectivity index (χ2v) is 8.83. The Morgan fingerprint density at radius 3 is 1.65 bits per heavy atom. The van der Waals surface area contributed by atoms with Crippen LogP contribution >= 0.6 is 67.8 Å². The first-order valence-electron chi connectivity index (χ1n) is 8.08. The number of carbonyl (C=O) groups is 1. The summed E-state index contributed by atoms with van der Waals surface area (Å²) < 4.78 is 3.32. The van der Waals surface area contributed by atoms with Gasteiger partial charge in [-0.2, -0.15) is 5.90 Å². The number of benzene rings is 1. The molecule has 0 heterocycles. The second kappa shape index (κ2) is 11.5. The minimum absolute atomic E-state index is 0.427. The Balaban J connectivity index is 3.31. The van der Waals surface area contributed by atoms with Crippen molar-refractivity contribution in [1.29, 1.82) is 0 Å². The molecular weight excluding hydrogens is 631 g/mol. The van der Waals surface area contributed by atoms with E-state index >= 15 is 0 Å². The Morgan fingerprint density at radius 2 is 1.30 bits per heavy atom. The minimum atomic E-state index is -0.427. The summed E-state index contributed by atoms with van der Waals surface area (Å²) in [7, 11) is 0. The molecule has 1 rings (SSSR count). The zero-order valence-electron chi connectivity index (χ0n) is 13.7. The van der Waals surface area contributed by atoms with Gasteiger partial charge in [0, 0.05) is 10.7 Å². The van der Waals surface area contributed by atoms with E-state index in [0.29, 0.717) is 5.56 Å². The number of hydrogen-bond donors (Lipinski definition) is 1. The van der Waals surface area contributed by atoms with Crippen LogP contribution in [0, 0.1) is 10.7 Å². The van der Waals surface area contributed by atoms with Gasteiger partial charge in [-0.25, -0.2) is 4.79 Å². The lowest BCUT2D eigenvalue weighted by Crippen LogP contribution is -2.17. The average Bonchev–Trinajstić information content (AvgIpc) is 2.53. The molecule has 0 unspecified atom stereocenters. The van der Waals surface area contributed by atoms with Gasteiger partial charge in [-0.3, -0.25) is 0 Å². The Morgan fingerprint density at radius 1 is 0.870 bits per heavy atom. The topological polar surface area (TPSA) is 52.3 Å². The lowest BCUT2D eigenvalue weighted by molar-refractivity contribution is 0.0500. The smallest absolute Gasteiger partial charge is 0.358 e. The van der Waals surface area contributed by atoms with Crippen LogP contribution < -0.4 is 5.90 Å². The van der Waals surface area contributed by atoms with E-state index in [0.717, 1.165) is 32.8 Å². The van der Waals surface area contributed by atoms with Crippen molar-refractivity contribution in [2.24, 2.45) is 5.90 Å². The van der Waals surface area contributed by atoms with Gasteiger partial charge in [0.2, 0.25) is 0 Å². The SMILES string of the molecule is CCCCCc1c(I)c(CCCCC)c(I)c(C(=O)ON)c1I. The van der Waals surface area contributed by atoms with Crippen LogP contribution in [-0.4, -0.2) is 5.97 Å². The summed E-state index contributed by atoms with van der Waals surface area (Å²) in [5.74, 6) is 4.74. The normalized spacial score (nSPS) is 10.9. The molecule has 0 aliphatic heterocycles. The average molecular weight is 655 g/mol. The second-order valence-electron chi connectivity index (χ2n) is 5.59. The van der Waals surface area contributed by atoms with Gasteiger partial charge < -0.3 is 4.84 Å². The lowest BCUT2D eigenvalue weighted by Gasteiger charge is -2.18. The molecule has 0 fully saturated rings. The summed E-state index contributed by atoms with van der Waals surface area (Å²) in [6.45, 7) is 4.41. The van der Waals surface area contributed by atoms with Crippen molar-refractivity contribution in [2.45, 2.75) is 65.2 Å². The summed E-state index contributed by atoms with van der Waals surface area (Å²) >= 11 is 7.01. The van der Waals surface area contributed by atoms with Crippen molar-refractivity contribution in [3.8, 4) is 0 Å². The number of carbonyl (C=O) groups excluding carboxylic acids is 1. The van der Waals surface area contributed by atoms with Gasteiger partial charge in [-0.05, 0) is 105 Å². The van der Waals surface area contributed by atoms with E-state index in [1.807, 2.05) is 0 Å². The summed E-state index contributed by atoms with van der Waals surface area (Å²) in [6.07, 6.45) is 9.11. The predicted molar refractivity (Wildman–Crippen MR) is 121 cm³/mol. The highest BCUT2D eigenvalue weighted by atomic mass is 127. The molecule has 0 spiro atoms. The molecule has 0 radical (unpaired) electrons. The van der Waals surface area contributed by atoms with Gasteiger partial charge >= 0.3 is 5.97 Å². The number of hydrogen-bond acceptors (Lipinski definition) is 3. The molecule has 0 saturated heterocycles. The molecule has 130 valence electrons. The van der Waals surface area contributed by atoms with Gasteiger partial charge in [0.1, 0.15) is 0 Å². The number of rotatable bonds is 9. The summed E-state index contributed by atoms with van der Waals surface area (Å²) in [5.41, 5.74) is 3.21. The lowest BCUT2D eigenvalue weighted by atomic mass is 9.98. The minimum Gasteiger partial charge on any atom is -0.370 e. The maximum atomic E-state index is 12.2. The van der Waals surface area contributed by atoms with Crippen LogP contribution in [0.4, 0.5) is 0 Å². The van der Waals surface area contributed by atoms with Gasteiger partial charge in [0.25, 0.3) is 0 Å². The van der Waals surface area contributed by atoms with Crippen LogP contribution in [-0.2, 0) is 17.7 Å². The van der Waals surface area contributed by atoms with E-state index in [2.05, 4.69) is 86.5 Å². The third-order valence-corrected chi connectivity index (χ3v) is 7.55. The fraction of sp³-hybridized carbons (Fsp3) is 0.588. The molecule has 1 aromatic rings. The van der Waals surface area contributed by atoms with E-state index in [1.54, 1.807) is 0 Å². The fourth-order valence-corrected chi connectivity index (χ4v) is 7.24. The van der Waals surface area contributed by atoms with Crippen LogP contribution in [0.15, 0.2) is 0 Å². The Bertz CT molecular complexity index is 510. The maximum absolute atomic E-state index is 12.2. The molecule has 6 heteroatoms. The number of nitrogens with two attached hydrogens (primary N) is 1. The van der Waals surface area contributed by atoms with Crippen molar-refractivity contribution in [2.75, 3.05) is 0 Å². The zero-order chi connectivity index (χ0) is 17.4. The Labute approximate surface area is 180 Å². The van der Waals surface area contributed by atoms with Gasteiger partial charge in [-0.1, -0.05) is 39.5 Å². The van der Waals surface area contributed by atoms with E-state index in [9.17, 15) is 4.79 Å². The van der Waals surface area contributed by atoms with Crippen molar-refractivity contribution < 1.29 is 9.63 Å². The predicted octanol–water partition coefficient (Wildman–Crippen LogP) is 6.00. The van der Waals surface area contributed by atoms with Crippen LogP contribution in [0.1, 0.15) is 73.9 Å². The Hall–Kier alpha value is 0.840. The molecule has 0 saturated carbocycles. The van der Waals surface area contributed by atoms with E-state index in [4.69, 9.17) is 5.90 Å². The zero-order valence-corrected chi connectivity index (χ0v) is 20.2. The standard InChI is InChI=1S/C17H24I3NO2/c1-3-5-7-9-11-14(18)12(10-8-6-4-2)16(20)13(15(11)19)17(22)23-21/h3-10,21H2,1-2H3. The molecule has 1 aromatic carbocycles.